The largest absolute Gasteiger partial charge is 0.309 e. The van der Waals surface area contributed by atoms with Crippen molar-refractivity contribution in [3.63, 3.8) is 0 Å². The van der Waals surface area contributed by atoms with Crippen LogP contribution in [0.4, 0.5) is 0 Å². The third kappa shape index (κ3) is 5.23. The van der Waals surface area contributed by atoms with Crippen LogP contribution in [0.5, 0.6) is 0 Å². The molecule has 17 heavy (non-hydrogen) atoms. The Morgan fingerprint density at radius 3 is 2.47 bits per heavy atom. The van der Waals surface area contributed by atoms with Gasteiger partial charge in [0.2, 0.25) is 0 Å². The van der Waals surface area contributed by atoms with Gasteiger partial charge >= 0.3 is 0 Å². The Morgan fingerprint density at radius 2 is 1.94 bits per heavy atom. The number of benzene rings is 1. The number of thioether (sulfide) groups is 1. The average Bonchev–Trinajstić information content (AvgIpc) is 2.28. The first-order valence-corrected chi connectivity index (χ1v) is 7.41. The molecule has 0 saturated heterocycles. The minimum atomic E-state index is 0.0242. The number of hydrogen-bond donors (Lipinski definition) is 0. The lowest BCUT2D eigenvalue weighted by atomic mass is 10.1. The van der Waals surface area contributed by atoms with Crippen LogP contribution in [-0.4, -0.2) is 42.3 Å². The molecule has 1 unspecified atom stereocenters. The maximum atomic E-state index is 12.1. The van der Waals surface area contributed by atoms with Crippen molar-refractivity contribution < 1.29 is 4.79 Å². The van der Waals surface area contributed by atoms with E-state index in [1.807, 2.05) is 45.3 Å². The van der Waals surface area contributed by atoms with Gasteiger partial charge in [-0.2, -0.15) is 0 Å². The minimum Gasteiger partial charge on any atom is -0.309 e. The van der Waals surface area contributed by atoms with E-state index in [0.717, 1.165) is 22.3 Å². The van der Waals surface area contributed by atoms with Gasteiger partial charge in [0.05, 0.1) is 5.25 Å². The lowest BCUT2D eigenvalue weighted by Gasteiger charge is -2.13. The summed E-state index contributed by atoms with van der Waals surface area (Å²) in [5.41, 5.74) is 0.790. The van der Waals surface area contributed by atoms with E-state index in [-0.39, 0.29) is 11.0 Å². The van der Waals surface area contributed by atoms with Gasteiger partial charge in [0.25, 0.3) is 0 Å². The number of nitrogens with zero attached hydrogens (tertiary/aromatic N) is 1. The minimum absolute atomic E-state index is 0.0242. The molecule has 1 aromatic rings. The van der Waals surface area contributed by atoms with Crippen LogP contribution in [0.1, 0.15) is 17.3 Å². The Morgan fingerprint density at radius 1 is 1.35 bits per heavy atom. The van der Waals surface area contributed by atoms with Gasteiger partial charge in [-0.3, -0.25) is 4.79 Å². The second-order valence-electron chi connectivity index (χ2n) is 4.19. The Hall–Kier alpha value is -0.320. The van der Waals surface area contributed by atoms with E-state index in [2.05, 4.69) is 20.8 Å². The molecular weight excluding hydrogens is 298 g/mol. The van der Waals surface area contributed by atoms with Crippen molar-refractivity contribution in [3.05, 3.63) is 34.3 Å². The number of Topliss-reactive ketones (excluding diaryl/α,β-unsaturated/α-hetero) is 1. The SMILES string of the molecule is CC(SCCN(C)C)C(=O)c1ccc(Br)cc1. The molecule has 0 heterocycles. The van der Waals surface area contributed by atoms with E-state index in [0.29, 0.717) is 0 Å². The van der Waals surface area contributed by atoms with Crippen molar-refractivity contribution >= 4 is 33.5 Å². The Balaban J connectivity index is 2.49. The van der Waals surface area contributed by atoms with Gasteiger partial charge in [-0.1, -0.05) is 28.1 Å². The molecule has 0 saturated carbocycles. The van der Waals surface area contributed by atoms with Crippen LogP contribution in [0, 0.1) is 0 Å². The van der Waals surface area contributed by atoms with E-state index < -0.39 is 0 Å². The molecule has 1 atom stereocenters. The second-order valence-corrected chi connectivity index (χ2v) is 6.55. The first kappa shape index (κ1) is 14.7. The molecule has 2 nitrogen and oxygen atoms in total. The summed E-state index contributed by atoms with van der Waals surface area (Å²) in [7, 11) is 4.09. The number of ketones is 1. The molecule has 94 valence electrons. The summed E-state index contributed by atoms with van der Waals surface area (Å²) < 4.78 is 1.00. The van der Waals surface area contributed by atoms with Gasteiger partial charge in [-0.05, 0) is 33.2 Å². The predicted octanol–water partition coefficient (Wildman–Crippen LogP) is 3.32. The maximum absolute atomic E-state index is 12.1. The molecule has 0 N–H and O–H groups in total. The monoisotopic (exact) mass is 315 g/mol. The van der Waals surface area contributed by atoms with Crippen LogP contribution in [0.3, 0.4) is 0 Å². The molecule has 0 aliphatic carbocycles. The molecule has 0 amide bonds. The van der Waals surface area contributed by atoms with Crippen molar-refractivity contribution in [1.82, 2.24) is 4.90 Å². The summed E-state index contributed by atoms with van der Waals surface area (Å²) in [5, 5.41) is 0.0242. The van der Waals surface area contributed by atoms with Gasteiger partial charge in [0, 0.05) is 22.3 Å². The molecule has 1 rings (SSSR count). The molecule has 0 bridgehead atoms. The summed E-state index contributed by atoms with van der Waals surface area (Å²) in [6.45, 7) is 2.98. The van der Waals surface area contributed by atoms with Crippen molar-refractivity contribution in [3.8, 4) is 0 Å². The van der Waals surface area contributed by atoms with E-state index >= 15 is 0 Å². The highest BCUT2D eigenvalue weighted by Gasteiger charge is 2.15. The van der Waals surface area contributed by atoms with Gasteiger partial charge in [0.15, 0.2) is 5.78 Å². The fourth-order valence-corrected chi connectivity index (χ4v) is 2.71. The Kier molecular flexibility index (Phi) is 6.23. The number of hydrogen-bond acceptors (Lipinski definition) is 3. The van der Waals surface area contributed by atoms with Gasteiger partial charge < -0.3 is 4.90 Å². The lowest BCUT2D eigenvalue weighted by molar-refractivity contribution is 0.0994. The number of rotatable bonds is 6. The first-order chi connectivity index (χ1) is 8.00. The van der Waals surface area contributed by atoms with Crippen LogP contribution in [-0.2, 0) is 0 Å². The van der Waals surface area contributed by atoms with E-state index in [1.165, 1.54) is 0 Å². The molecule has 4 heteroatoms. The van der Waals surface area contributed by atoms with Gasteiger partial charge in [0.1, 0.15) is 0 Å². The van der Waals surface area contributed by atoms with Crippen LogP contribution >= 0.6 is 27.7 Å². The van der Waals surface area contributed by atoms with Crippen molar-refractivity contribution in [1.29, 1.82) is 0 Å². The zero-order chi connectivity index (χ0) is 12.8. The second kappa shape index (κ2) is 7.19. The number of halogens is 1. The number of carbonyl (C=O) groups excluding carboxylic acids is 1. The summed E-state index contributed by atoms with van der Waals surface area (Å²) in [5.74, 6) is 1.19. The molecule has 0 spiro atoms. The zero-order valence-corrected chi connectivity index (χ0v) is 12.8. The Bertz CT molecular complexity index is 364. The van der Waals surface area contributed by atoms with Crippen molar-refractivity contribution in [2.45, 2.75) is 12.2 Å². The molecule has 0 aromatic heterocycles. The third-order valence-corrected chi connectivity index (χ3v) is 4.07. The summed E-state index contributed by atoms with van der Waals surface area (Å²) in [6, 6.07) is 7.56. The normalized spacial score (nSPS) is 12.8. The van der Waals surface area contributed by atoms with Crippen LogP contribution < -0.4 is 0 Å². The van der Waals surface area contributed by atoms with Crippen molar-refractivity contribution in [2.75, 3.05) is 26.4 Å². The topological polar surface area (TPSA) is 20.3 Å². The van der Waals surface area contributed by atoms with E-state index in [1.54, 1.807) is 11.8 Å². The van der Waals surface area contributed by atoms with E-state index in [9.17, 15) is 4.79 Å². The fraction of sp³-hybridized carbons (Fsp3) is 0.462. The van der Waals surface area contributed by atoms with Crippen LogP contribution in [0.25, 0.3) is 0 Å². The highest BCUT2D eigenvalue weighted by atomic mass is 79.9. The smallest absolute Gasteiger partial charge is 0.175 e. The highest BCUT2D eigenvalue weighted by molar-refractivity contribution is 9.10. The standard InChI is InChI=1S/C13H18BrNOS/c1-10(17-9-8-15(2)3)13(16)11-4-6-12(14)7-5-11/h4-7,10H,8-9H2,1-3H3. The zero-order valence-electron chi connectivity index (χ0n) is 10.4. The van der Waals surface area contributed by atoms with Crippen LogP contribution in [0.15, 0.2) is 28.7 Å². The van der Waals surface area contributed by atoms with E-state index in [4.69, 9.17) is 0 Å². The molecule has 0 aliphatic rings. The summed E-state index contributed by atoms with van der Waals surface area (Å²) >= 11 is 5.08. The first-order valence-electron chi connectivity index (χ1n) is 5.57. The summed E-state index contributed by atoms with van der Waals surface area (Å²) in [6.07, 6.45) is 0. The number of carbonyl (C=O) groups is 1. The predicted molar refractivity (Wildman–Crippen MR) is 78.9 cm³/mol. The van der Waals surface area contributed by atoms with Gasteiger partial charge in [-0.15, -0.1) is 11.8 Å². The highest BCUT2D eigenvalue weighted by Crippen LogP contribution is 2.18. The molecular formula is C13H18BrNOS. The molecule has 0 aliphatic heterocycles. The maximum Gasteiger partial charge on any atom is 0.175 e. The third-order valence-electron chi connectivity index (χ3n) is 2.40. The molecule has 1 aromatic carbocycles. The Labute approximate surface area is 116 Å². The van der Waals surface area contributed by atoms with Crippen LogP contribution in [0.2, 0.25) is 0 Å². The van der Waals surface area contributed by atoms with Crippen molar-refractivity contribution in [2.24, 2.45) is 0 Å². The lowest BCUT2D eigenvalue weighted by Crippen LogP contribution is -2.19. The quantitative estimate of drug-likeness (QED) is 0.751. The summed E-state index contributed by atoms with van der Waals surface area (Å²) in [4.78, 5) is 14.2. The molecule has 0 radical (unpaired) electrons. The molecule has 0 fully saturated rings. The fourth-order valence-electron chi connectivity index (χ4n) is 1.34. The average molecular weight is 316 g/mol. The van der Waals surface area contributed by atoms with Gasteiger partial charge in [-0.25, -0.2) is 0 Å².